The predicted molar refractivity (Wildman–Crippen MR) is 68.7 cm³/mol. The molecule has 0 aliphatic rings. The summed E-state index contributed by atoms with van der Waals surface area (Å²) in [6.45, 7) is 4.32. The lowest BCUT2D eigenvalue weighted by molar-refractivity contribution is -0.140. The zero-order chi connectivity index (χ0) is 12.8. The van der Waals surface area contributed by atoms with Gasteiger partial charge >= 0.3 is 5.97 Å². The summed E-state index contributed by atoms with van der Waals surface area (Å²) in [7, 11) is 1.39. The van der Waals surface area contributed by atoms with Crippen molar-refractivity contribution in [3.63, 3.8) is 0 Å². The smallest absolute Gasteiger partial charge is 0.305 e. The minimum Gasteiger partial charge on any atom is -0.469 e. The van der Waals surface area contributed by atoms with Crippen LogP contribution in [0.3, 0.4) is 0 Å². The molecule has 0 fully saturated rings. The Morgan fingerprint density at radius 1 is 1.24 bits per heavy atom. The number of benzene rings is 1. The number of esters is 1. The Balaban J connectivity index is 2.57. The van der Waals surface area contributed by atoms with E-state index in [4.69, 9.17) is 5.73 Å². The molecule has 3 nitrogen and oxygen atoms in total. The van der Waals surface area contributed by atoms with Gasteiger partial charge < -0.3 is 10.5 Å². The maximum atomic E-state index is 11.0. The third kappa shape index (κ3) is 4.19. The van der Waals surface area contributed by atoms with Crippen LogP contribution in [0.2, 0.25) is 0 Å². The Morgan fingerprint density at radius 3 is 2.24 bits per heavy atom. The second-order valence-corrected chi connectivity index (χ2v) is 4.54. The van der Waals surface area contributed by atoms with Crippen LogP contribution in [0.15, 0.2) is 24.3 Å². The fraction of sp³-hybridized carbons (Fsp3) is 0.500. The minimum absolute atomic E-state index is 0.102. The van der Waals surface area contributed by atoms with Crippen molar-refractivity contribution in [3.05, 3.63) is 35.4 Å². The van der Waals surface area contributed by atoms with Gasteiger partial charge in [0.1, 0.15) is 0 Å². The Labute approximate surface area is 103 Å². The Bertz CT molecular complexity index is 357. The second kappa shape index (κ2) is 6.40. The first-order valence-electron chi connectivity index (χ1n) is 5.97. The van der Waals surface area contributed by atoms with Crippen LogP contribution in [0.25, 0.3) is 0 Å². The number of carbonyl (C=O) groups excluding carboxylic acids is 1. The average molecular weight is 235 g/mol. The minimum atomic E-state index is -0.209. The van der Waals surface area contributed by atoms with Crippen molar-refractivity contribution >= 4 is 5.97 Å². The molecule has 0 aliphatic heterocycles. The number of nitrogens with two attached hydrogens (primary N) is 1. The molecule has 1 atom stereocenters. The van der Waals surface area contributed by atoms with Crippen LogP contribution in [0, 0.1) is 0 Å². The molecule has 0 aromatic heterocycles. The molecule has 3 heteroatoms. The summed E-state index contributed by atoms with van der Waals surface area (Å²) in [5.74, 6) is 0.314. The van der Waals surface area contributed by atoms with Gasteiger partial charge in [-0.2, -0.15) is 0 Å². The molecule has 0 radical (unpaired) electrons. The molecule has 0 amide bonds. The van der Waals surface area contributed by atoms with Crippen molar-refractivity contribution in [2.24, 2.45) is 5.73 Å². The molecule has 0 bridgehead atoms. The summed E-state index contributed by atoms with van der Waals surface area (Å²) in [4.78, 5) is 11.0. The Morgan fingerprint density at radius 2 is 1.76 bits per heavy atom. The first kappa shape index (κ1) is 13.7. The second-order valence-electron chi connectivity index (χ2n) is 4.54. The summed E-state index contributed by atoms with van der Waals surface area (Å²) in [5.41, 5.74) is 8.38. The van der Waals surface area contributed by atoms with E-state index < -0.39 is 0 Å². The van der Waals surface area contributed by atoms with E-state index in [1.54, 1.807) is 0 Å². The zero-order valence-electron chi connectivity index (χ0n) is 10.8. The monoisotopic (exact) mass is 235 g/mol. The van der Waals surface area contributed by atoms with Gasteiger partial charge in [0.25, 0.3) is 0 Å². The van der Waals surface area contributed by atoms with Crippen molar-refractivity contribution in [1.82, 2.24) is 0 Å². The molecular weight excluding hydrogens is 214 g/mol. The van der Waals surface area contributed by atoms with Crippen molar-refractivity contribution in [1.29, 1.82) is 0 Å². The lowest BCUT2D eigenvalue weighted by Crippen LogP contribution is -2.13. The highest BCUT2D eigenvalue weighted by Crippen LogP contribution is 2.20. The maximum absolute atomic E-state index is 11.0. The number of rotatable bonds is 5. The van der Waals surface area contributed by atoms with Gasteiger partial charge in [-0.05, 0) is 23.5 Å². The molecule has 0 aliphatic carbocycles. The first-order valence-corrected chi connectivity index (χ1v) is 5.97. The van der Waals surface area contributed by atoms with E-state index in [0.29, 0.717) is 18.8 Å². The largest absolute Gasteiger partial charge is 0.469 e. The summed E-state index contributed by atoms with van der Waals surface area (Å²) < 4.78 is 4.59. The third-order valence-electron chi connectivity index (χ3n) is 2.92. The van der Waals surface area contributed by atoms with Crippen LogP contribution in [0.5, 0.6) is 0 Å². The van der Waals surface area contributed by atoms with E-state index in [0.717, 1.165) is 5.56 Å². The fourth-order valence-electron chi connectivity index (χ4n) is 1.67. The highest BCUT2D eigenvalue weighted by atomic mass is 16.5. The molecule has 94 valence electrons. The Kier molecular flexibility index (Phi) is 5.16. The summed E-state index contributed by atoms with van der Waals surface area (Å²) in [6.07, 6.45) is 0.983. The van der Waals surface area contributed by atoms with Crippen LogP contribution < -0.4 is 5.73 Å². The van der Waals surface area contributed by atoms with Crippen LogP contribution in [-0.2, 0) is 9.53 Å². The van der Waals surface area contributed by atoms with Gasteiger partial charge in [-0.1, -0.05) is 38.1 Å². The fourth-order valence-corrected chi connectivity index (χ4v) is 1.67. The highest BCUT2D eigenvalue weighted by molar-refractivity contribution is 5.69. The summed E-state index contributed by atoms with van der Waals surface area (Å²) in [5, 5.41) is 0. The zero-order valence-corrected chi connectivity index (χ0v) is 10.8. The lowest BCUT2D eigenvalue weighted by atomic mass is 9.97. The number of ether oxygens (including phenoxy) is 1. The summed E-state index contributed by atoms with van der Waals surface area (Å²) in [6, 6.07) is 8.17. The topological polar surface area (TPSA) is 52.3 Å². The van der Waals surface area contributed by atoms with Gasteiger partial charge in [-0.25, -0.2) is 0 Å². The van der Waals surface area contributed by atoms with Gasteiger partial charge in [0.2, 0.25) is 0 Å². The lowest BCUT2D eigenvalue weighted by Gasteiger charge is -2.13. The summed E-state index contributed by atoms with van der Waals surface area (Å²) >= 11 is 0. The van der Waals surface area contributed by atoms with Gasteiger partial charge in [-0.3, -0.25) is 4.79 Å². The van der Waals surface area contributed by atoms with Crippen LogP contribution >= 0.6 is 0 Å². The normalized spacial score (nSPS) is 12.5. The van der Waals surface area contributed by atoms with E-state index in [9.17, 15) is 4.79 Å². The molecule has 17 heavy (non-hydrogen) atoms. The van der Waals surface area contributed by atoms with Gasteiger partial charge in [0, 0.05) is 12.5 Å². The van der Waals surface area contributed by atoms with E-state index in [1.807, 2.05) is 12.1 Å². The standard InChI is InChI=1S/C14H21NO2/c1-10(2)11-4-6-12(7-5-11)13(15)8-9-14(16)17-3/h4-7,10,13H,8-9,15H2,1-3H3. The molecule has 0 saturated carbocycles. The van der Waals surface area contributed by atoms with Crippen molar-refractivity contribution in [3.8, 4) is 0 Å². The van der Waals surface area contributed by atoms with Crippen molar-refractivity contribution < 1.29 is 9.53 Å². The van der Waals surface area contributed by atoms with Crippen molar-refractivity contribution in [2.45, 2.75) is 38.6 Å². The first-order chi connectivity index (χ1) is 8.04. The van der Waals surface area contributed by atoms with Crippen LogP contribution in [-0.4, -0.2) is 13.1 Å². The number of hydrogen-bond acceptors (Lipinski definition) is 3. The van der Waals surface area contributed by atoms with Gasteiger partial charge in [-0.15, -0.1) is 0 Å². The SMILES string of the molecule is COC(=O)CCC(N)c1ccc(C(C)C)cc1. The van der Waals surface area contributed by atoms with E-state index in [1.165, 1.54) is 12.7 Å². The number of methoxy groups -OCH3 is 1. The van der Waals surface area contributed by atoms with Gasteiger partial charge in [0.05, 0.1) is 7.11 Å². The Hall–Kier alpha value is -1.35. The van der Waals surface area contributed by atoms with E-state index in [-0.39, 0.29) is 12.0 Å². The molecule has 0 spiro atoms. The molecule has 1 aromatic carbocycles. The molecule has 2 N–H and O–H groups in total. The average Bonchev–Trinajstić information content (AvgIpc) is 2.35. The molecule has 1 aromatic rings. The van der Waals surface area contributed by atoms with Crippen LogP contribution in [0.4, 0.5) is 0 Å². The maximum Gasteiger partial charge on any atom is 0.305 e. The molecule has 0 heterocycles. The molecule has 1 unspecified atom stereocenters. The molecule has 1 rings (SSSR count). The number of carbonyl (C=O) groups is 1. The van der Waals surface area contributed by atoms with E-state index >= 15 is 0 Å². The van der Waals surface area contributed by atoms with E-state index in [2.05, 4.69) is 30.7 Å². The molecule has 0 saturated heterocycles. The van der Waals surface area contributed by atoms with Crippen LogP contribution in [0.1, 0.15) is 49.8 Å². The third-order valence-corrected chi connectivity index (χ3v) is 2.92. The predicted octanol–water partition coefficient (Wildman–Crippen LogP) is 2.76. The molecular formula is C14H21NO2. The van der Waals surface area contributed by atoms with Crippen molar-refractivity contribution in [2.75, 3.05) is 7.11 Å². The highest BCUT2D eigenvalue weighted by Gasteiger charge is 2.09. The quantitative estimate of drug-likeness (QED) is 0.798. The van der Waals surface area contributed by atoms with Gasteiger partial charge in [0.15, 0.2) is 0 Å². The number of hydrogen-bond donors (Lipinski definition) is 1.